The minimum Gasteiger partial charge on any atom is -0.280 e. The smallest absolute Gasteiger partial charge is 0.261 e. The molecule has 1 fully saturated rings. The van der Waals surface area contributed by atoms with Crippen LogP contribution in [0.3, 0.4) is 0 Å². The van der Waals surface area contributed by atoms with Crippen LogP contribution in [0.2, 0.25) is 0 Å². The number of anilines is 2. The Hall–Kier alpha value is -2.06. The van der Waals surface area contributed by atoms with E-state index in [0.717, 1.165) is 6.42 Å². The Morgan fingerprint density at radius 1 is 0.958 bits per heavy atom. The van der Waals surface area contributed by atoms with Crippen molar-refractivity contribution in [1.29, 1.82) is 0 Å². The molecule has 0 amide bonds. The Balaban J connectivity index is 1.89. The zero-order chi connectivity index (χ0) is 17.2. The van der Waals surface area contributed by atoms with Gasteiger partial charge in [-0.2, -0.15) is 0 Å². The molecule has 2 aromatic carbocycles. The van der Waals surface area contributed by atoms with Gasteiger partial charge in [0.25, 0.3) is 10.0 Å². The van der Waals surface area contributed by atoms with E-state index in [1.165, 1.54) is 16.4 Å². The van der Waals surface area contributed by atoms with Gasteiger partial charge in [-0.3, -0.25) is 9.03 Å². The zero-order valence-electron chi connectivity index (χ0n) is 12.9. The molecule has 6 nitrogen and oxygen atoms in total. The fraction of sp³-hybridized carbons (Fsp3) is 0.250. The Labute approximate surface area is 142 Å². The summed E-state index contributed by atoms with van der Waals surface area (Å²) in [6.07, 6.45) is 1.44. The third kappa shape index (κ3) is 3.54. The molecule has 0 bridgehead atoms. The molecular weight excluding hydrogens is 348 g/mol. The predicted octanol–water partition coefficient (Wildman–Crippen LogP) is 2.42. The molecule has 1 aliphatic heterocycles. The fourth-order valence-corrected chi connectivity index (χ4v) is 5.32. The third-order valence-electron chi connectivity index (χ3n) is 3.79. The van der Waals surface area contributed by atoms with Crippen LogP contribution in [0.5, 0.6) is 0 Å². The van der Waals surface area contributed by atoms with Crippen molar-refractivity contribution in [3.63, 3.8) is 0 Å². The van der Waals surface area contributed by atoms with E-state index in [9.17, 15) is 16.8 Å². The van der Waals surface area contributed by atoms with E-state index in [1.54, 1.807) is 42.5 Å². The summed E-state index contributed by atoms with van der Waals surface area (Å²) in [5.41, 5.74) is 0.806. The van der Waals surface area contributed by atoms with Crippen molar-refractivity contribution in [2.75, 3.05) is 21.3 Å². The summed E-state index contributed by atoms with van der Waals surface area (Å²) in [6, 6.07) is 14.5. The molecule has 0 unspecified atom stereocenters. The number of sulfonamides is 2. The molecule has 0 spiro atoms. The first-order valence-corrected chi connectivity index (χ1v) is 10.7. The number of nitrogens with zero attached hydrogens (tertiary/aromatic N) is 1. The van der Waals surface area contributed by atoms with Gasteiger partial charge >= 0.3 is 0 Å². The minimum atomic E-state index is -3.71. The van der Waals surface area contributed by atoms with Crippen LogP contribution in [-0.2, 0) is 20.0 Å². The van der Waals surface area contributed by atoms with Gasteiger partial charge in [-0.25, -0.2) is 16.8 Å². The van der Waals surface area contributed by atoms with Gasteiger partial charge in [0.15, 0.2) is 0 Å². The highest BCUT2D eigenvalue weighted by Crippen LogP contribution is 2.27. The van der Waals surface area contributed by atoms with Crippen LogP contribution < -0.4 is 9.03 Å². The molecule has 0 radical (unpaired) electrons. The Morgan fingerprint density at radius 3 is 2.42 bits per heavy atom. The SMILES string of the molecule is O=S(=O)(Nc1cccc(N2CCCCS2(=O)=O)c1)c1ccccc1. The van der Waals surface area contributed by atoms with Crippen LogP contribution in [0.4, 0.5) is 11.4 Å². The van der Waals surface area contributed by atoms with Gasteiger partial charge in [0.05, 0.1) is 22.0 Å². The summed E-state index contributed by atoms with van der Waals surface area (Å²) < 4.78 is 53.0. The normalized spacial score (nSPS) is 17.4. The van der Waals surface area contributed by atoms with E-state index < -0.39 is 20.0 Å². The molecule has 0 saturated carbocycles. The summed E-state index contributed by atoms with van der Waals surface area (Å²) in [4.78, 5) is 0.154. The molecule has 1 heterocycles. The van der Waals surface area contributed by atoms with Gasteiger partial charge in [-0.05, 0) is 43.2 Å². The van der Waals surface area contributed by atoms with Crippen LogP contribution in [0, 0.1) is 0 Å². The van der Waals surface area contributed by atoms with E-state index in [4.69, 9.17) is 0 Å². The van der Waals surface area contributed by atoms with Gasteiger partial charge in [0, 0.05) is 6.54 Å². The first-order valence-electron chi connectivity index (χ1n) is 7.57. The van der Waals surface area contributed by atoms with Gasteiger partial charge in [0.1, 0.15) is 0 Å². The monoisotopic (exact) mass is 366 g/mol. The number of nitrogens with one attached hydrogen (secondary N) is 1. The molecule has 1 aliphatic rings. The van der Waals surface area contributed by atoms with Gasteiger partial charge < -0.3 is 0 Å². The van der Waals surface area contributed by atoms with Crippen LogP contribution in [-0.4, -0.2) is 29.1 Å². The molecule has 24 heavy (non-hydrogen) atoms. The molecule has 2 aromatic rings. The molecule has 1 N–H and O–H groups in total. The highest BCUT2D eigenvalue weighted by Gasteiger charge is 2.26. The van der Waals surface area contributed by atoms with Crippen molar-refractivity contribution < 1.29 is 16.8 Å². The molecule has 1 saturated heterocycles. The summed E-state index contributed by atoms with van der Waals surface area (Å²) in [5, 5.41) is 0. The average Bonchev–Trinajstić information content (AvgIpc) is 2.55. The maximum atomic E-state index is 12.4. The maximum Gasteiger partial charge on any atom is 0.261 e. The Bertz CT molecular complexity index is 926. The average molecular weight is 366 g/mol. The minimum absolute atomic E-state index is 0.118. The molecule has 3 rings (SSSR count). The Kier molecular flexibility index (Phi) is 4.51. The summed E-state index contributed by atoms with van der Waals surface area (Å²) in [6.45, 7) is 0.414. The van der Waals surface area contributed by atoms with Crippen LogP contribution in [0.15, 0.2) is 59.5 Å². The predicted molar refractivity (Wildman–Crippen MR) is 94.1 cm³/mol. The van der Waals surface area contributed by atoms with Crippen molar-refractivity contribution in [2.45, 2.75) is 17.7 Å². The van der Waals surface area contributed by atoms with Crippen LogP contribution >= 0.6 is 0 Å². The highest BCUT2D eigenvalue weighted by molar-refractivity contribution is 7.93. The van der Waals surface area contributed by atoms with Gasteiger partial charge in [-0.15, -0.1) is 0 Å². The van der Waals surface area contributed by atoms with Crippen molar-refractivity contribution in [3.05, 3.63) is 54.6 Å². The van der Waals surface area contributed by atoms with Gasteiger partial charge in [-0.1, -0.05) is 24.3 Å². The van der Waals surface area contributed by atoms with E-state index in [1.807, 2.05) is 0 Å². The second-order valence-electron chi connectivity index (χ2n) is 5.56. The van der Waals surface area contributed by atoms with Crippen molar-refractivity contribution in [3.8, 4) is 0 Å². The molecule has 0 aliphatic carbocycles. The lowest BCUT2D eigenvalue weighted by atomic mass is 10.2. The molecule has 8 heteroatoms. The fourth-order valence-electron chi connectivity index (χ4n) is 2.62. The summed E-state index contributed by atoms with van der Waals surface area (Å²) in [7, 11) is -7.04. The third-order valence-corrected chi connectivity index (χ3v) is 7.06. The van der Waals surface area contributed by atoms with Crippen molar-refractivity contribution >= 4 is 31.4 Å². The summed E-state index contributed by atoms with van der Waals surface area (Å²) >= 11 is 0. The topological polar surface area (TPSA) is 83.6 Å². The summed E-state index contributed by atoms with van der Waals surface area (Å²) in [5.74, 6) is 0.118. The molecule has 0 aromatic heterocycles. The van der Waals surface area contributed by atoms with E-state index in [-0.39, 0.29) is 10.6 Å². The second-order valence-corrected chi connectivity index (χ2v) is 9.26. The first-order chi connectivity index (χ1) is 11.4. The molecule has 128 valence electrons. The standard InChI is InChI=1S/C16H18N2O4S2/c19-23(20)12-5-4-11-18(23)15-8-6-7-14(13-15)17-24(21,22)16-9-2-1-3-10-16/h1-3,6-10,13,17H,4-5,11-12H2. The number of hydrogen-bond donors (Lipinski definition) is 1. The lowest BCUT2D eigenvalue weighted by Crippen LogP contribution is -2.37. The lowest BCUT2D eigenvalue weighted by Gasteiger charge is -2.28. The quantitative estimate of drug-likeness (QED) is 0.901. The first kappa shape index (κ1) is 16.8. The number of benzene rings is 2. The van der Waals surface area contributed by atoms with Crippen LogP contribution in [0.1, 0.15) is 12.8 Å². The second kappa shape index (κ2) is 6.45. The van der Waals surface area contributed by atoms with Crippen molar-refractivity contribution in [2.24, 2.45) is 0 Å². The highest BCUT2D eigenvalue weighted by atomic mass is 32.2. The maximum absolute atomic E-state index is 12.4. The lowest BCUT2D eigenvalue weighted by molar-refractivity contribution is 0.574. The molecule has 0 atom stereocenters. The van der Waals surface area contributed by atoms with E-state index in [0.29, 0.717) is 24.3 Å². The number of hydrogen-bond acceptors (Lipinski definition) is 4. The largest absolute Gasteiger partial charge is 0.280 e. The van der Waals surface area contributed by atoms with Gasteiger partial charge in [0.2, 0.25) is 10.0 Å². The van der Waals surface area contributed by atoms with E-state index in [2.05, 4.69) is 4.72 Å². The van der Waals surface area contributed by atoms with E-state index >= 15 is 0 Å². The zero-order valence-corrected chi connectivity index (χ0v) is 14.6. The number of rotatable bonds is 4. The molecular formula is C16H18N2O4S2. The van der Waals surface area contributed by atoms with Crippen LogP contribution in [0.25, 0.3) is 0 Å². The Morgan fingerprint density at radius 2 is 1.71 bits per heavy atom. The van der Waals surface area contributed by atoms with Crippen molar-refractivity contribution in [1.82, 2.24) is 0 Å².